The van der Waals surface area contributed by atoms with E-state index in [0.717, 1.165) is 56.4 Å². The van der Waals surface area contributed by atoms with Crippen LogP contribution in [-0.4, -0.2) is 32.9 Å². The molecule has 0 saturated heterocycles. The molecule has 0 N–H and O–H groups in total. The molecule has 6 heteroatoms. The maximum Gasteiger partial charge on any atom is 0.266 e. The van der Waals surface area contributed by atoms with Gasteiger partial charge in [0.1, 0.15) is 5.82 Å². The number of hydrogen-bond acceptors (Lipinski definition) is 2. The number of alkyl halides is 2. The summed E-state index contributed by atoms with van der Waals surface area (Å²) in [5.41, 5.74) is 1.14. The fourth-order valence-corrected chi connectivity index (χ4v) is 5.81. The normalized spacial score (nSPS) is 22.5. The topological polar surface area (TPSA) is 38.1 Å². The zero-order valence-electron chi connectivity index (χ0n) is 19.5. The summed E-state index contributed by atoms with van der Waals surface area (Å²) >= 11 is 0. The number of rotatable bonds is 7. The Labute approximate surface area is 190 Å². The van der Waals surface area contributed by atoms with Crippen molar-refractivity contribution >= 4 is 16.9 Å². The zero-order valence-corrected chi connectivity index (χ0v) is 19.5. The van der Waals surface area contributed by atoms with Gasteiger partial charge in [-0.1, -0.05) is 51.2 Å². The van der Waals surface area contributed by atoms with Crippen LogP contribution >= 0.6 is 0 Å². The molecule has 2 aliphatic carbocycles. The summed E-state index contributed by atoms with van der Waals surface area (Å²) in [6.45, 7) is 5.57. The monoisotopic (exact) mass is 445 g/mol. The van der Waals surface area contributed by atoms with Crippen LogP contribution in [-0.2, 0) is 11.3 Å². The maximum absolute atomic E-state index is 13.7. The van der Waals surface area contributed by atoms with Crippen molar-refractivity contribution in [3.8, 4) is 0 Å². The summed E-state index contributed by atoms with van der Waals surface area (Å²) in [7, 11) is 0. The highest BCUT2D eigenvalue weighted by atomic mass is 19.3. The summed E-state index contributed by atoms with van der Waals surface area (Å²) in [5, 5.41) is 0. The second kappa shape index (κ2) is 10.3. The van der Waals surface area contributed by atoms with Crippen molar-refractivity contribution in [2.24, 2.45) is 5.92 Å². The average Bonchev–Trinajstić information content (AvgIpc) is 3.18. The minimum absolute atomic E-state index is 0.00426. The van der Waals surface area contributed by atoms with Crippen LogP contribution in [0.3, 0.4) is 0 Å². The van der Waals surface area contributed by atoms with Crippen molar-refractivity contribution < 1.29 is 13.6 Å². The second-order valence-corrected chi connectivity index (χ2v) is 9.82. The Morgan fingerprint density at radius 1 is 1.12 bits per heavy atom. The maximum atomic E-state index is 13.7. The largest absolute Gasteiger partial charge is 0.340 e. The molecule has 2 aliphatic rings. The van der Waals surface area contributed by atoms with Crippen molar-refractivity contribution in [3.05, 3.63) is 29.6 Å². The summed E-state index contributed by atoms with van der Waals surface area (Å²) in [6.07, 6.45) is 8.03. The Morgan fingerprint density at radius 2 is 1.84 bits per heavy atom. The number of benzene rings is 1. The van der Waals surface area contributed by atoms with Crippen molar-refractivity contribution in [3.63, 3.8) is 0 Å². The number of aryl methyl sites for hydroxylation is 1. The van der Waals surface area contributed by atoms with E-state index in [9.17, 15) is 13.6 Å². The third-order valence-corrected chi connectivity index (χ3v) is 7.68. The number of imidazole rings is 1. The van der Waals surface area contributed by atoms with Gasteiger partial charge in [0.15, 0.2) is 0 Å². The first-order chi connectivity index (χ1) is 15.5. The van der Waals surface area contributed by atoms with E-state index in [1.165, 1.54) is 25.3 Å². The van der Waals surface area contributed by atoms with Crippen molar-refractivity contribution in [1.29, 1.82) is 0 Å². The van der Waals surface area contributed by atoms with E-state index < -0.39 is 6.43 Å². The van der Waals surface area contributed by atoms with Gasteiger partial charge < -0.3 is 9.47 Å². The van der Waals surface area contributed by atoms with Crippen LogP contribution in [0.15, 0.2) is 18.2 Å². The highest BCUT2D eigenvalue weighted by Gasteiger charge is 2.28. The van der Waals surface area contributed by atoms with E-state index in [1.807, 2.05) is 11.0 Å². The van der Waals surface area contributed by atoms with Gasteiger partial charge in [-0.25, -0.2) is 13.8 Å². The van der Waals surface area contributed by atoms with Crippen molar-refractivity contribution in [2.45, 2.75) is 103 Å². The molecule has 0 atom stereocenters. The van der Waals surface area contributed by atoms with E-state index in [-0.39, 0.29) is 17.4 Å². The second-order valence-electron chi connectivity index (χ2n) is 9.82. The Kier molecular flexibility index (Phi) is 7.47. The molecule has 1 heterocycles. The predicted molar refractivity (Wildman–Crippen MR) is 124 cm³/mol. The number of para-hydroxylation sites is 1. The number of aromatic nitrogens is 2. The van der Waals surface area contributed by atoms with Gasteiger partial charge in [0, 0.05) is 37.0 Å². The minimum atomic E-state index is -2.55. The first-order valence-corrected chi connectivity index (χ1v) is 12.6. The molecule has 0 unspecified atom stereocenters. The van der Waals surface area contributed by atoms with Gasteiger partial charge in [0.05, 0.1) is 11.0 Å². The van der Waals surface area contributed by atoms with E-state index in [0.29, 0.717) is 30.4 Å². The smallest absolute Gasteiger partial charge is 0.266 e. The van der Waals surface area contributed by atoms with E-state index in [1.54, 1.807) is 6.07 Å². The lowest BCUT2D eigenvalue weighted by Gasteiger charge is -2.34. The van der Waals surface area contributed by atoms with Crippen LogP contribution in [0.1, 0.15) is 102 Å². The molecule has 4 nitrogen and oxygen atoms in total. The number of hydrogen-bond donors (Lipinski definition) is 0. The predicted octanol–water partition coefficient (Wildman–Crippen LogP) is 6.84. The van der Waals surface area contributed by atoms with Crippen LogP contribution in [0, 0.1) is 5.92 Å². The molecule has 0 aliphatic heterocycles. The highest BCUT2D eigenvalue weighted by molar-refractivity contribution is 5.81. The molecular formula is C26H37F2N3O. The van der Waals surface area contributed by atoms with Gasteiger partial charge in [0.2, 0.25) is 5.91 Å². The van der Waals surface area contributed by atoms with Crippen molar-refractivity contribution in [1.82, 2.24) is 14.5 Å². The molecule has 1 amide bonds. The zero-order chi connectivity index (χ0) is 22.7. The van der Waals surface area contributed by atoms with Gasteiger partial charge >= 0.3 is 0 Å². The third-order valence-electron chi connectivity index (χ3n) is 7.68. The van der Waals surface area contributed by atoms with Crippen LogP contribution in [0.25, 0.3) is 11.0 Å². The molecule has 1 aromatic carbocycles. The number of amides is 1. The molecular weight excluding hydrogens is 408 g/mol. The van der Waals surface area contributed by atoms with Crippen LogP contribution in [0.5, 0.6) is 0 Å². The Hall–Kier alpha value is -1.98. The van der Waals surface area contributed by atoms with Gasteiger partial charge in [-0.3, -0.25) is 4.79 Å². The van der Waals surface area contributed by atoms with Gasteiger partial charge in [0.25, 0.3) is 6.43 Å². The SMILES string of the molecule is CCN(C(=O)CCn1c2cccc(C(F)F)c2nc1[C@H]1CC[C@H](C)CC1)C1CCCCC1. The summed E-state index contributed by atoms with van der Waals surface area (Å²) in [6, 6.07) is 5.40. The van der Waals surface area contributed by atoms with Crippen LogP contribution in [0.4, 0.5) is 8.78 Å². The number of fused-ring (bicyclic) bond motifs is 1. The molecule has 2 fully saturated rings. The van der Waals surface area contributed by atoms with Crippen molar-refractivity contribution in [2.75, 3.05) is 6.54 Å². The quantitative estimate of drug-likeness (QED) is 0.468. The molecule has 176 valence electrons. The molecule has 2 aromatic rings. The summed E-state index contributed by atoms with van der Waals surface area (Å²) < 4.78 is 29.5. The minimum Gasteiger partial charge on any atom is -0.340 e. The molecule has 0 bridgehead atoms. The first-order valence-electron chi connectivity index (χ1n) is 12.6. The van der Waals surface area contributed by atoms with E-state index >= 15 is 0 Å². The standard InChI is InChI=1S/C26H37F2N3O/c1-3-30(20-8-5-4-6-9-20)23(32)16-17-31-22-11-7-10-21(25(27)28)24(22)29-26(31)19-14-12-18(2)13-15-19/h7,10-11,18-20,25H,3-6,8-9,12-17H2,1-2H3/t18-,19-. The van der Waals surface area contributed by atoms with Crippen LogP contribution in [0.2, 0.25) is 0 Å². The summed E-state index contributed by atoms with van der Waals surface area (Å²) in [4.78, 5) is 20.0. The van der Waals surface area contributed by atoms with Gasteiger partial charge in [-0.15, -0.1) is 0 Å². The molecule has 0 radical (unpaired) electrons. The Morgan fingerprint density at radius 3 is 2.50 bits per heavy atom. The van der Waals surface area contributed by atoms with Crippen LogP contribution < -0.4 is 0 Å². The first kappa shape index (κ1) is 23.2. The molecule has 32 heavy (non-hydrogen) atoms. The highest BCUT2D eigenvalue weighted by Crippen LogP contribution is 2.38. The molecule has 4 rings (SSSR count). The van der Waals surface area contributed by atoms with Gasteiger partial charge in [-0.2, -0.15) is 0 Å². The fourth-order valence-electron chi connectivity index (χ4n) is 5.81. The average molecular weight is 446 g/mol. The fraction of sp³-hybridized carbons (Fsp3) is 0.692. The Bertz CT molecular complexity index is 911. The molecule has 0 spiro atoms. The van der Waals surface area contributed by atoms with E-state index in [2.05, 4.69) is 18.4 Å². The lowest BCUT2D eigenvalue weighted by atomic mass is 9.82. The lowest BCUT2D eigenvalue weighted by molar-refractivity contribution is -0.134. The number of carbonyl (C=O) groups is 1. The number of halogens is 2. The van der Waals surface area contributed by atoms with Gasteiger partial charge in [-0.05, 0) is 44.6 Å². The molecule has 2 saturated carbocycles. The third kappa shape index (κ3) is 4.84. The molecule has 1 aromatic heterocycles. The number of nitrogens with zero attached hydrogens (tertiary/aromatic N) is 3. The lowest BCUT2D eigenvalue weighted by Crippen LogP contribution is -2.41. The van der Waals surface area contributed by atoms with E-state index in [4.69, 9.17) is 4.98 Å². The Balaban J connectivity index is 1.60. The summed E-state index contributed by atoms with van der Waals surface area (Å²) in [5.74, 6) is 2.05. The number of carbonyl (C=O) groups excluding carboxylic acids is 1.